The van der Waals surface area contributed by atoms with Crippen LogP contribution in [0.25, 0.3) is 10.8 Å². The molecule has 2 N–H and O–H groups in total. The number of hydrogen-bond donors (Lipinski definition) is 2. The Kier molecular flexibility index (Phi) is 6.12. The molecule has 0 fully saturated rings. The Bertz CT molecular complexity index is 1270. The van der Waals surface area contributed by atoms with Crippen molar-refractivity contribution >= 4 is 39.9 Å². The number of rotatable bonds is 7. The number of nitrogens with zero attached hydrogens (tertiary/aromatic N) is 4. The standard InChI is InChI=1S/C22H18N6O4/c29-20(12-28-14-23-26-27-28)24-19-10-4-3-9-17(19)22(31)32-13-21(30)25-18-11-5-7-15-6-1-2-8-16(15)18/h1-11,14H,12-13H2,(H,24,29)(H,25,30). The van der Waals surface area contributed by atoms with Gasteiger partial charge in [0.05, 0.1) is 11.3 Å². The number of esters is 1. The molecule has 1 aromatic heterocycles. The summed E-state index contributed by atoms with van der Waals surface area (Å²) < 4.78 is 6.41. The Labute approximate surface area is 182 Å². The van der Waals surface area contributed by atoms with Gasteiger partial charge in [-0.2, -0.15) is 0 Å². The molecule has 0 saturated carbocycles. The normalized spacial score (nSPS) is 10.5. The second kappa shape index (κ2) is 9.47. The molecule has 32 heavy (non-hydrogen) atoms. The van der Waals surface area contributed by atoms with Crippen molar-refractivity contribution in [3.63, 3.8) is 0 Å². The van der Waals surface area contributed by atoms with Crippen LogP contribution in [0, 0.1) is 0 Å². The fraction of sp³-hybridized carbons (Fsp3) is 0.0909. The molecular weight excluding hydrogens is 412 g/mol. The van der Waals surface area contributed by atoms with Crippen LogP contribution in [0.2, 0.25) is 0 Å². The molecule has 3 aromatic carbocycles. The number of aromatic nitrogens is 4. The van der Waals surface area contributed by atoms with E-state index < -0.39 is 24.4 Å². The van der Waals surface area contributed by atoms with Crippen LogP contribution >= 0.6 is 0 Å². The van der Waals surface area contributed by atoms with Crippen LogP contribution in [0.1, 0.15) is 10.4 Å². The van der Waals surface area contributed by atoms with Crippen molar-refractivity contribution in [1.29, 1.82) is 0 Å². The number of carbonyl (C=O) groups is 3. The van der Waals surface area contributed by atoms with Crippen LogP contribution < -0.4 is 10.6 Å². The first kappa shape index (κ1) is 20.7. The van der Waals surface area contributed by atoms with E-state index in [0.717, 1.165) is 10.8 Å². The monoisotopic (exact) mass is 430 g/mol. The zero-order valence-electron chi connectivity index (χ0n) is 16.8. The maximum absolute atomic E-state index is 12.5. The van der Waals surface area contributed by atoms with E-state index in [0.29, 0.717) is 5.69 Å². The van der Waals surface area contributed by atoms with Gasteiger partial charge in [-0.05, 0) is 34.0 Å². The Hall–Kier alpha value is -4.60. The molecule has 0 unspecified atom stereocenters. The molecule has 10 heteroatoms. The van der Waals surface area contributed by atoms with Crippen molar-refractivity contribution in [3.8, 4) is 0 Å². The SMILES string of the molecule is O=C(Cn1cnnn1)Nc1ccccc1C(=O)OCC(=O)Nc1cccc2ccccc12. The maximum atomic E-state index is 12.5. The van der Waals surface area contributed by atoms with Gasteiger partial charge in [0, 0.05) is 11.1 Å². The van der Waals surface area contributed by atoms with Gasteiger partial charge in [-0.3, -0.25) is 9.59 Å². The summed E-state index contributed by atoms with van der Waals surface area (Å²) in [5.41, 5.74) is 1.000. The maximum Gasteiger partial charge on any atom is 0.340 e. The molecule has 0 spiro atoms. The Balaban J connectivity index is 1.37. The molecule has 2 amide bonds. The van der Waals surface area contributed by atoms with E-state index in [1.165, 1.54) is 17.1 Å². The van der Waals surface area contributed by atoms with Crippen molar-refractivity contribution in [1.82, 2.24) is 20.2 Å². The molecule has 0 aliphatic rings. The third-order valence-electron chi connectivity index (χ3n) is 4.52. The highest BCUT2D eigenvalue weighted by Gasteiger charge is 2.16. The highest BCUT2D eigenvalue weighted by Crippen LogP contribution is 2.23. The summed E-state index contributed by atoms with van der Waals surface area (Å²) in [5.74, 6) is -1.64. The molecule has 4 aromatic rings. The van der Waals surface area contributed by atoms with Crippen LogP contribution in [0.3, 0.4) is 0 Å². The molecule has 4 rings (SSSR count). The average molecular weight is 430 g/mol. The number of ether oxygens (including phenoxy) is 1. The number of hydrogen-bond acceptors (Lipinski definition) is 7. The van der Waals surface area contributed by atoms with Crippen LogP contribution in [0.4, 0.5) is 11.4 Å². The lowest BCUT2D eigenvalue weighted by atomic mass is 10.1. The number of tetrazole rings is 1. The smallest absolute Gasteiger partial charge is 0.340 e. The second-order valence-electron chi connectivity index (χ2n) is 6.75. The van der Waals surface area contributed by atoms with E-state index in [1.807, 2.05) is 36.4 Å². The fourth-order valence-corrected chi connectivity index (χ4v) is 3.09. The Morgan fingerprint density at radius 2 is 1.56 bits per heavy atom. The Morgan fingerprint density at radius 1 is 0.844 bits per heavy atom. The summed E-state index contributed by atoms with van der Waals surface area (Å²) in [6.45, 7) is -0.598. The molecule has 0 aliphatic carbocycles. The van der Waals surface area contributed by atoms with Crippen LogP contribution in [-0.4, -0.2) is 44.6 Å². The van der Waals surface area contributed by atoms with Crippen molar-refractivity contribution in [3.05, 3.63) is 78.6 Å². The number of amides is 2. The van der Waals surface area contributed by atoms with E-state index >= 15 is 0 Å². The van der Waals surface area contributed by atoms with Crippen molar-refractivity contribution in [2.45, 2.75) is 6.54 Å². The summed E-state index contributed by atoms with van der Waals surface area (Å²) in [7, 11) is 0. The average Bonchev–Trinajstić information content (AvgIpc) is 3.31. The zero-order chi connectivity index (χ0) is 22.3. The summed E-state index contributed by atoms with van der Waals surface area (Å²) in [6.07, 6.45) is 1.30. The van der Waals surface area contributed by atoms with E-state index in [2.05, 4.69) is 26.2 Å². The third kappa shape index (κ3) is 4.93. The first-order chi connectivity index (χ1) is 15.6. The zero-order valence-corrected chi connectivity index (χ0v) is 16.8. The highest BCUT2D eigenvalue weighted by atomic mass is 16.5. The molecule has 10 nitrogen and oxygen atoms in total. The fourth-order valence-electron chi connectivity index (χ4n) is 3.09. The number of carbonyl (C=O) groups excluding carboxylic acids is 3. The molecule has 0 aliphatic heterocycles. The van der Waals surface area contributed by atoms with E-state index in [-0.39, 0.29) is 17.8 Å². The number of fused-ring (bicyclic) bond motifs is 1. The van der Waals surface area contributed by atoms with Gasteiger partial charge >= 0.3 is 5.97 Å². The van der Waals surface area contributed by atoms with Gasteiger partial charge < -0.3 is 15.4 Å². The van der Waals surface area contributed by atoms with Crippen LogP contribution in [0.5, 0.6) is 0 Å². The quantitative estimate of drug-likeness (QED) is 0.430. The molecule has 0 saturated heterocycles. The molecule has 0 bridgehead atoms. The third-order valence-corrected chi connectivity index (χ3v) is 4.52. The van der Waals surface area contributed by atoms with Crippen molar-refractivity contribution in [2.24, 2.45) is 0 Å². The minimum Gasteiger partial charge on any atom is -0.452 e. The van der Waals surface area contributed by atoms with Gasteiger partial charge in [-0.1, -0.05) is 48.5 Å². The van der Waals surface area contributed by atoms with E-state index in [4.69, 9.17) is 4.74 Å². The van der Waals surface area contributed by atoms with Gasteiger partial charge in [0.15, 0.2) is 6.61 Å². The molecular formula is C22H18N6O4. The largest absolute Gasteiger partial charge is 0.452 e. The number of para-hydroxylation sites is 1. The Morgan fingerprint density at radius 3 is 2.41 bits per heavy atom. The predicted octanol–water partition coefficient (Wildman–Crippen LogP) is 2.26. The summed E-state index contributed by atoms with van der Waals surface area (Å²) in [5, 5.41) is 17.8. The van der Waals surface area contributed by atoms with Crippen molar-refractivity contribution < 1.29 is 19.1 Å². The lowest BCUT2D eigenvalue weighted by Crippen LogP contribution is -2.23. The summed E-state index contributed by atoms with van der Waals surface area (Å²) in [4.78, 5) is 37.1. The van der Waals surface area contributed by atoms with E-state index in [9.17, 15) is 14.4 Å². The first-order valence-corrected chi connectivity index (χ1v) is 9.64. The van der Waals surface area contributed by atoms with Gasteiger partial charge in [0.25, 0.3) is 5.91 Å². The number of benzene rings is 3. The lowest BCUT2D eigenvalue weighted by molar-refractivity contribution is -0.119. The minimum atomic E-state index is -0.739. The second-order valence-corrected chi connectivity index (χ2v) is 6.75. The van der Waals surface area contributed by atoms with E-state index in [1.54, 1.807) is 24.3 Å². The molecule has 1 heterocycles. The molecule has 160 valence electrons. The van der Waals surface area contributed by atoms with Crippen LogP contribution in [0.15, 0.2) is 73.1 Å². The first-order valence-electron chi connectivity index (χ1n) is 9.64. The van der Waals surface area contributed by atoms with Gasteiger partial charge in [-0.25, -0.2) is 9.48 Å². The van der Waals surface area contributed by atoms with Gasteiger partial charge in [-0.15, -0.1) is 5.10 Å². The lowest BCUT2D eigenvalue weighted by Gasteiger charge is -2.12. The summed E-state index contributed by atoms with van der Waals surface area (Å²) in [6, 6.07) is 19.5. The number of anilines is 2. The predicted molar refractivity (Wildman–Crippen MR) is 116 cm³/mol. The highest BCUT2D eigenvalue weighted by molar-refractivity contribution is 6.04. The number of nitrogens with one attached hydrogen (secondary N) is 2. The topological polar surface area (TPSA) is 128 Å². The minimum absolute atomic E-state index is 0.121. The van der Waals surface area contributed by atoms with Crippen molar-refractivity contribution in [2.75, 3.05) is 17.2 Å². The summed E-state index contributed by atoms with van der Waals surface area (Å²) >= 11 is 0. The van der Waals surface area contributed by atoms with Crippen LogP contribution in [-0.2, 0) is 20.9 Å². The molecule has 0 atom stereocenters. The van der Waals surface area contributed by atoms with Gasteiger partial charge in [0.1, 0.15) is 12.9 Å². The van der Waals surface area contributed by atoms with Gasteiger partial charge in [0.2, 0.25) is 5.91 Å². The molecule has 0 radical (unpaired) electrons.